The molecule has 158 valence electrons. The molecule has 0 aliphatic carbocycles. The van der Waals surface area contributed by atoms with Gasteiger partial charge in [-0.15, -0.1) is 0 Å². The lowest BCUT2D eigenvalue weighted by Gasteiger charge is -2.56. The van der Waals surface area contributed by atoms with Crippen molar-refractivity contribution in [2.45, 2.75) is 37.8 Å². The Balaban J connectivity index is 1.37. The molecule has 0 unspecified atom stereocenters. The van der Waals surface area contributed by atoms with Crippen LogP contribution in [0.2, 0.25) is 0 Å². The third-order valence-corrected chi connectivity index (χ3v) is 6.76. The molecular weight excluding hydrogens is 386 g/mol. The Morgan fingerprint density at radius 3 is 2.90 bits per heavy atom. The van der Waals surface area contributed by atoms with Crippen molar-refractivity contribution in [1.82, 2.24) is 25.3 Å². The van der Waals surface area contributed by atoms with Gasteiger partial charge in [-0.3, -0.25) is 14.4 Å². The topological polar surface area (TPSA) is 112 Å². The molecule has 2 bridgehead atoms. The average molecular weight is 411 g/mol. The van der Waals surface area contributed by atoms with E-state index in [4.69, 9.17) is 4.52 Å². The molecule has 0 saturated carbocycles. The van der Waals surface area contributed by atoms with Gasteiger partial charge in [0.25, 0.3) is 11.8 Å². The number of carbonyl (C=O) groups excluding carboxylic acids is 3. The van der Waals surface area contributed by atoms with Crippen LogP contribution in [-0.4, -0.2) is 69.4 Å². The number of amides is 3. The number of aromatic amines is 1. The summed E-state index contributed by atoms with van der Waals surface area (Å²) in [5.41, 5.74) is 0.805. The molecule has 0 radical (unpaired) electrons. The first-order chi connectivity index (χ1) is 14.6. The minimum Gasteiger partial charge on any atom is -0.364 e. The summed E-state index contributed by atoms with van der Waals surface area (Å²) in [5.74, 6) is 0.204. The highest BCUT2D eigenvalue weighted by Gasteiger charge is 2.50. The molecular formula is C21H25N5O4. The van der Waals surface area contributed by atoms with Crippen LogP contribution in [0.15, 0.2) is 35.2 Å². The standard InChI is InChI=1S/C21H25N5O4/c27-19-5-1-4-17-13-9-14(12-25(11-13)21(29)16-6-8-30-24-16)18(26(17)19)10-23-20(28)15-3-2-7-22-15/h2-3,6-8,13-14,17-18,22H,1,4-5,9-12H2,(H,23,28)/t13-,14+,17+,18+/m1/s1. The summed E-state index contributed by atoms with van der Waals surface area (Å²) >= 11 is 0. The number of likely N-dealkylation sites (tertiary alicyclic amines) is 1. The number of aromatic nitrogens is 2. The number of carbonyl (C=O) groups is 3. The zero-order valence-corrected chi connectivity index (χ0v) is 16.6. The van der Waals surface area contributed by atoms with Crippen molar-refractivity contribution in [2.75, 3.05) is 19.6 Å². The Kier molecular flexibility index (Phi) is 4.80. The van der Waals surface area contributed by atoms with E-state index in [9.17, 15) is 14.4 Å². The first-order valence-electron chi connectivity index (χ1n) is 10.5. The zero-order valence-electron chi connectivity index (χ0n) is 16.6. The van der Waals surface area contributed by atoms with Crippen molar-refractivity contribution in [3.8, 4) is 0 Å². The van der Waals surface area contributed by atoms with Gasteiger partial charge in [0.2, 0.25) is 5.91 Å². The number of nitrogens with zero attached hydrogens (tertiary/aromatic N) is 3. The molecule has 30 heavy (non-hydrogen) atoms. The van der Waals surface area contributed by atoms with Crippen molar-refractivity contribution in [2.24, 2.45) is 11.8 Å². The number of piperidine rings is 3. The van der Waals surface area contributed by atoms with Gasteiger partial charge in [0.05, 0.1) is 6.04 Å². The maximum atomic E-state index is 12.9. The van der Waals surface area contributed by atoms with Crippen LogP contribution in [0.5, 0.6) is 0 Å². The van der Waals surface area contributed by atoms with Crippen LogP contribution in [0.3, 0.4) is 0 Å². The molecule has 2 N–H and O–H groups in total. The van der Waals surface area contributed by atoms with Crippen LogP contribution in [0, 0.1) is 11.8 Å². The van der Waals surface area contributed by atoms with Crippen LogP contribution < -0.4 is 5.32 Å². The van der Waals surface area contributed by atoms with E-state index in [1.165, 1.54) is 6.26 Å². The van der Waals surface area contributed by atoms with E-state index >= 15 is 0 Å². The van der Waals surface area contributed by atoms with E-state index in [0.717, 1.165) is 19.3 Å². The summed E-state index contributed by atoms with van der Waals surface area (Å²) in [6.45, 7) is 1.55. The van der Waals surface area contributed by atoms with Gasteiger partial charge in [-0.2, -0.15) is 0 Å². The Hall–Kier alpha value is -3.10. The van der Waals surface area contributed by atoms with E-state index in [0.29, 0.717) is 37.4 Å². The number of H-pyrrole nitrogens is 1. The third kappa shape index (κ3) is 3.28. The van der Waals surface area contributed by atoms with Crippen molar-refractivity contribution in [3.05, 3.63) is 42.0 Å². The van der Waals surface area contributed by atoms with Gasteiger partial charge >= 0.3 is 0 Å². The largest absolute Gasteiger partial charge is 0.364 e. The minimum atomic E-state index is -0.186. The van der Waals surface area contributed by atoms with Gasteiger partial charge in [-0.1, -0.05) is 5.16 Å². The summed E-state index contributed by atoms with van der Waals surface area (Å²) in [4.78, 5) is 45.0. The molecule has 3 amide bonds. The number of fused-ring (bicyclic) bond motifs is 4. The summed E-state index contributed by atoms with van der Waals surface area (Å²) in [6, 6.07) is 5.07. The molecule has 3 aliphatic rings. The molecule has 3 aliphatic heterocycles. The van der Waals surface area contributed by atoms with Crippen LogP contribution in [0.25, 0.3) is 0 Å². The third-order valence-electron chi connectivity index (χ3n) is 6.76. The fourth-order valence-corrected chi connectivity index (χ4v) is 5.45. The van der Waals surface area contributed by atoms with E-state index in [1.54, 1.807) is 24.4 Å². The first-order valence-corrected chi connectivity index (χ1v) is 10.5. The van der Waals surface area contributed by atoms with Gasteiger partial charge in [-0.25, -0.2) is 0 Å². The van der Waals surface area contributed by atoms with Crippen molar-refractivity contribution in [1.29, 1.82) is 0 Å². The molecule has 5 rings (SSSR count). The lowest BCUT2D eigenvalue weighted by Crippen LogP contribution is -2.67. The predicted octanol–water partition coefficient (Wildman–Crippen LogP) is 1.27. The smallest absolute Gasteiger partial charge is 0.276 e. The molecule has 0 spiro atoms. The molecule has 4 atom stereocenters. The average Bonchev–Trinajstić information content (AvgIpc) is 3.47. The van der Waals surface area contributed by atoms with Gasteiger partial charge in [0, 0.05) is 44.4 Å². The zero-order chi connectivity index (χ0) is 20.7. The van der Waals surface area contributed by atoms with Gasteiger partial charge in [0.1, 0.15) is 12.0 Å². The Labute approximate surface area is 173 Å². The minimum absolute atomic E-state index is 0.113. The maximum Gasteiger partial charge on any atom is 0.276 e. The number of hydrogen-bond acceptors (Lipinski definition) is 5. The normalized spacial score (nSPS) is 28.2. The highest BCUT2D eigenvalue weighted by Crippen LogP contribution is 2.41. The van der Waals surface area contributed by atoms with E-state index in [2.05, 4.69) is 15.5 Å². The van der Waals surface area contributed by atoms with Crippen molar-refractivity contribution >= 4 is 17.7 Å². The molecule has 9 nitrogen and oxygen atoms in total. The Morgan fingerprint density at radius 2 is 2.13 bits per heavy atom. The fraction of sp³-hybridized carbons (Fsp3) is 0.524. The van der Waals surface area contributed by atoms with Crippen LogP contribution in [-0.2, 0) is 4.79 Å². The predicted molar refractivity (Wildman–Crippen MR) is 105 cm³/mol. The van der Waals surface area contributed by atoms with Crippen LogP contribution >= 0.6 is 0 Å². The SMILES string of the molecule is O=C(NC[C@H]1[C@H]2C[C@H](CN(C(=O)c3ccon3)C2)[C@@H]2CCCC(=O)N21)c1ccc[nH]1. The molecule has 5 heterocycles. The fourth-order valence-electron chi connectivity index (χ4n) is 5.45. The molecule has 3 fully saturated rings. The second-order valence-electron chi connectivity index (χ2n) is 8.47. The van der Waals surface area contributed by atoms with E-state index in [-0.39, 0.29) is 41.6 Å². The number of nitrogens with one attached hydrogen (secondary N) is 2. The quantitative estimate of drug-likeness (QED) is 0.787. The Bertz CT molecular complexity index is 925. The highest BCUT2D eigenvalue weighted by atomic mass is 16.5. The summed E-state index contributed by atoms with van der Waals surface area (Å²) < 4.78 is 4.84. The highest BCUT2D eigenvalue weighted by molar-refractivity contribution is 5.93. The lowest BCUT2D eigenvalue weighted by atomic mass is 9.72. The van der Waals surface area contributed by atoms with Gasteiger partial charge in [0.15, 0.2) is 5.69 Å². The summed E-state index contributed by atoms with van der Waals surface area (Å²) in [7, 11) is 0. The lowest BCUT2D eigenvalue weighted by molar-refractivity contribution is -0.151. The Morgan fingerprint density at radius 1 is 1.27 bits per heavy atom. The van der Waals surface area contributed by atoms with Gasteiger partial charge < -0.3 is 24.6 Å². The van der Waals surface area contributed by atoms with Crippen LogP contribution in [0.4, 0.5) is 0 Å². The van der Waals surface area contributed by atoms with Crippen LogP contribution in [0.1, 0.15) is 46.7 Å². The monoisotopic (exact) mass is 411 g/mol. The first kappa shape index (κ1) is 18.9. The van der Waals surface area contributed by atoms with Gasteiger partial charge in [-0.05, 0) is 43.2 Å². The molecule has 0 aromatic carbocycles. The summed E-state index contributed by atoms with van der Waals surface area (Å²) in [6.07, 6.45) is 6.44. The number of hydrogen-bond donors (Lipinski definition) is 2. The van der Waals surface area contributed by atoms with E-state index < -0.39 is 0 Å². The molecule has 3 saturated heterocycles. The second kappa shape index (κ2) is 7.62. The molecule has 2 aromatic rings. The molecule has 2 aromatic heterocycles. The van der Waals surface area contributed by atoms with Crippen molar-refractivity contribution < 1.29 is 18.9 Å². The second-order valence-corrected chi connectivity index (χ2v) is 8.47. The maximum absolute atomic E-state index is 12.9. The molecule has 9 heteroatoms. The number of rotatable bonds is 4. The van der Waals surface area contributed by atoms with E-state index in [1.807, 2.05) is 9.80 Å². The van der Waals surface area contributed by atoms with Crippen molar-refractivity contribution in [3.63, 3.8) is 0 Å². The summed E-state index contributed by atoms with van der Waals surface area (Å²) in [5, 5.41) is 6.78.